The van der Waals surface area contributed by atoms with Gasteiger partial charge in [-0.1, -0.05) is 18.2 Å². The molecule has 1 amide bonds. The molecule has 1 aromatic carbocycles. The monoisotopic (exact) mass is 219 g/mol. The van der Waals surface area contributed by atoms with Gasteiger partial charge in [-0.15, -0.1) is 0 Å². The van der Waals surface area contributed by atoms with Crippen molar-refractivity contribution in [2.24, 2.45) is 5.84 Å². The van der Waals surface area contributed by atoms with Crippen LogP contribution >= 0.6 is 0 Å². The summed E-state index contributed by atoms with van der Waals surface area (Å²) in [6, 6.07) is 7.73. The predicted octanol–water partition coefficient (Wildman–Crippen LogP) is 1.71. The lowest BCUT2D eigenvalue weighted by atomic mass is 10.1. The van der Waals surface area contributed by atoms with Crippen molar-refractivity contribution in [1.29, 1.82) is 0 Å². The first-order chi connectivity index (χ1) is 7.69. The fourth-order valence-corrected chi connectivity index (χ4v) is 1.38. The highest BCUT2D eigenvalue weighted by Gasteiger charge is 2.04. The number of benzene rings is 1. The zero-order chi connectivity index (χ0) is 12.0. The van der Waals surface area contributed by atoms with Gasteiger partial charge < -0.3 is 5.32 Å². The van der Waals surface area contributed by atoms with Crippen molar-refractivity contribution < 1.29 is 4.79 Å². The third kappa shape index (κ3) is 3.10. The maximum absolute atomic E-state index is 10.3. The maximum atomic E-state index is 10.3. The fraction of sp³-hybridized carbons (Fsp3) is 0.250. The minimum Gasteiger partial charge on any atom is -0.352 e. The van der Waals surface area contributed by atoms with Gasteiger partial charge in [0.2, 0.25) is 6.41 Å². The van der Waals surface area contributed by atoms with Gasteiger partial charge in [-0.2, -0.15) is 0 Å². The molecule has 1 atom stereocenters. The molecule has 3 N–H and O–H groups in total. The number of anilines is 1. The minimum absolute atomic E-state index is 0.0134. The highest BCUT2D eigenvalue weighted by molar-refractivity contribution is 5.51. The van der Waals surface area contributed by atoms with Crippen LogP contribution in [-0.4, -0.2) is 6.41 Å². The number of hydrogen-bond donors (Lipinski definition) is 2. The molecule has 0 bridgehead atoms. The van der Waals surface area contributed by atoms with E-state index in [2.05, 4.69) is 5.32 Å². The van der Waals surface area contributed by atoms with E-state index in [1.165, 1.54) is 0 Å². The standard InChI is InChI=1S/C12H17N3O/c1-3-8-15(13)12-6-4-11(5-7-12)10(2)14-9-16/h3-10H,13H2,1-2H3,(H,14,16)/b8-3-. The number of carbonyl (C=O) groups is 1. The molecule has 0 aliphatic carbocycles. The Morgan fingerprint density at radius 2 is 2.00 bits per heavy atom. The van der Waals surface area contributed by atoms with Crippen LogP contribution in [0.5, 0.6) is 0 Å². The second kappa shape index (κ2) is 5.92. The van der Waals surface area contributed by atoms with Crippen molar-refractivity contribution in [3.8, 4) is 0 Å². The molecular formula is C12H17N3O. The van der Waals surface area contributed by atoms with Crippen molar-refractivity contribution in [3.05, 3.63) is 42.1 Å². The van der Waals surface area contributed by atoms with Crippen LogP contribution in [0, 0.1) is 0 Å². The van der Waals surface area contributed by atoms with E-state index in [1.54, 1.807) is 11.2 Å². The minimum atomic E-state index is 0.0134. The second-order valence-corrected chi connectivity index (χ2v) is 3.49. The number of hydrazine groups is 1. The molecule has 86 valence electrons. The smallest absolute Gasteiger partial charge is 0.207 e. The SMILES string of the molecule is C/C=C\N(N)c1ccc(C(C)NC=O)cc1. The van der Waals surface area contributed by atoms with E-state index in [0.717, 1.165) is 11.3 Å². The summed E-state index contributed by atoms with van der Waals surface area (Å²) in [5.74, 6) is 5.77. The molecule has 0 heterocycles. The lowest BCUT2D eigenvalue weighted by Gasteiger charge is -2.15. The van der Waals surface area contributed by atoms with Crippen LogP contribution in [0.3, 0.4) is 0 Å². The van der Waals surface area contributed by atoms with E-state index < -0.39 is 0 Å². The lowest BCUT2D eigenvalue weighted by Crippen LogP contribution is -2.24. The Morgan fingerprint density at radius 3 is 2.50 bits per heavy atom. The summed E-state index contributed by atoms with van der Waals surface area (Å²) in [5.41, 5.74) is 1.95. The summed E-state index contributed by atoms with van der Waals surface area (Å²) in [7, 11) is 0. The van der Waals surface area contributed by atoms with Gasteiger partial charge in [-0.3, -0.25) is 9.80 Å². The van der Waals surface area contributed by atoms with Crippen LogP contribution < -0.4 is 16.2 Å². The number of allylic oxidation sites excluding steroid dienone is 1. The topological polar surface area (TPSA) is 58.4 Å². The normalized spacial score (nSPS) is 12.4. The summed E-state index contributed by atoms with van der Waals surface area (Å²) < 4.78 is 0. The van der Waals surface area contributed by atoms with Crippen LogP contribution in [0.15, 0.2) is 36.5 Å². The average molecular weight is 219 g/mol. The number of nitrogens with two attached hydrogens (primary N) is 1. The zero-order valence-corrected chi connectivity index (χ0v) is 9.55. The second-order valence-electron chi connectivity index (χ2n) is 3.49. The van der Waals surface area contributed by atoms with E-state index in [1.807, 2.05) is 44.2 Å². The van der Waals surface area contributed by atoms with Crippen LogP contribution in [0.25, 0.3) is 0 Å². The first kappa shape index (κ1) is 12.3. The van der Waals surface area contributed by atoms with Crippen LogP contribution in [-0.2, 0) is 4.79 Å². The van der Waals surface area contributed by atoms with Crippen LogP contribution in [0.2, 0.25) is 0 Å². The molecule has 16 heavy (non-hydrogen) atoms. The summed E-state index contributed by atoms with van der Waals surface area (Å²) in [4.78, 5) is 10.3. The molecule has 0 radical (unpaired) electrons. The van der Waals surface area contributed by atoms with Crippen molar-refractivity contribution in [1.82, 2.24) is 5.32 Å². The molecule has 0 aromatic heterocycles. The van der Waals surface area contributed by atoms with Gasteiger partial charge in [-0.25, -0.2) is 5.84 Å². The Hall–Kier alpha value is -1.81. The van der Waals surface area contributed by atoms with E-state index in [0.29, 0.717) is 6.41 Å². The Kier molecular flexibility index (Phi) is 4.54. The van der Waals surface area contributed by atoms with Gasteiger partial charge in [0.1, 0.15) is 0 Å². The number of nitrogens with zero attached hydrogens (tertiary/aromatic N) is 1. The van der Waals surface area contributed by atoms with Gasteiger partial charge in [0.05, 0.1) is 11.7 Å². The quantitative estimate of drug-likeness (QED) is 0.450. The lowest BCUT2D eigenvalue weighted by molar-refractivity contribution is -0.110. The Bertz CT molecular complexity index is 359. The molecule has 1 aromatic rings. The predicted molar refractivity (Wildman–Crippen MR) is 65.5 cm³/mol. The largest absolute Gasteiger partial charge is 0.352 e. The molecule has 0 aliphatic heterocycles. The molecular weight excluding hydrogens is 202 g/mol. The molecule has 1 unspecified atom stereocenters. The Labute approximate surface area is 95.7 Å². The molecule has 1 rings (SSSR count). The third-order valence-corrected chi connectivity index (χ3v) is 2.32. The molecule has 0 saturated carbocycles. The highest BCUT2D eigenvalue weighted by atomic mass is 16.1. The highest BCUT2D eigenvalue weighted by Crippen LogP contribution is 2.17. The van der Waals surface area contributed by atoms with Gasteiger partial charge in [0.25, 0.3) is 0 Å². The number of rotatable bonds is 5. The van der Waals surface area contributed by atoms with Crippen molar-refractivity contribution in [3.63, 3.8) is 0 Å². The maximum Gasteiger partial charge on any atom is 0.207 e. The summed E-state index contributed by atoms with van der Waals surface area (Å²) in [6.07, 6.45) is 4.35. The van der Waals surface area contributed by atoms with Gasteiger partial charge >= 0.3 is 0 Å². The third-order valence-electron chi connectivity index (χ3n) is 2.32. The molecule has 0 spiro atoms. The number of carbonyl (C=O) groups excluding carboxylic acids is 1. The van der Waals surface area contributed by atoms with Crippen LogP contribution in [0.1, 0.15) is 25.5 Å². The fourth-order valence-electron chi connectivity index (χ4n) is 1.38. The van der Waals surface area contributed by atoms with E-state index in [4.69, 9.17) is 5.84 Å². The number of nitrogens with one attached hydrogen (secondary N) is 1. The summed E-state index contributed by atoms with van der Waals surface area (Å²) in [6.45, 7) is 3.83. The number of hydrogen-bond acceptors (Lipinski definition) is 3. The Balaban J connectivity index is 2.78. The molecule has 0 fully saturated rings. The Morgan fingerprint density at radius 1 is 1.38 bits per heavy atom. The molecule has 0 saturated heterocycles. The number of amides is 1. The summed E-state index contributed by atoms with van der Waals surface area (Å²) >= 11 is 0. The molecule has 4 heteroatoms. The van der Waals surface area contributed by atoms with Crippen molar-refractivity contribution in [2.75, 3.05) is 5.01 Å². The van der Waals surface area contributed by atoms with Gasteiger partial charge in [0.15, 0.2) is 0 Å². The first-order valence-corrected chi connectivity index (χ1v) is 5.15. The molecule has 4 nitrogen and oxygen atoms in total. The first-order valence-electron chi connectivity index (χ1n) is 5.15. The van der Waals surface area contributed by atoms with E-state index >= 15 is 0 Å². The van der Waals surface area contributed by atoms with Crippen molar-refractivity contribution in [2.45, 2.75) is 19.9 Å². The van der Waals surface area contributed by atoms with E-state index in [9.17, 15) is 4.79 Å². The van der Waals surface area contributed by atoms with Gasteiger partial charge in [0, 0.05) is 6.20 Å². The van der Waals surface area contributed by atoms with Gasteiger partial charge in [-0.05, 0) is 31.5 Å². The average Bonchev–Trinajstić information content (AvgIpc) is 2.30. The van der Waals surface area contributed by atoms with E-state index in [-0.39, 0.29) is 6.04 Å². The van der Waals surface area contributed by atoms with Crippen molar-refractivity contribution >= 4 is 12.1 Å². The summed E-state index contributed by atoms with van der Waals surface area (Å²) in [5, 5.41) is 4.24. The van der Waals surface area contributed by atoms with Crippen LogP contribution in [0.4, 0.5) is 5.69 Å². The zero-order valence-electron chi connectivity index (χ0n) is 9.55. The molecule has 0 aliphatic rings.